The average Bonchev–Trinajstić information content (AvgIpc) is 2.62. The number of hydrogen-bond acceptors (Lipinski definition) is 3. The summed E-state index contributed by atoms with van der Waals surface area (Å²) in [5.74, 6) is -0.0570. The van der Waals surface area contributed by atoms with Gasteiger partial charge < -0.3 is 4.90 Å². The van der Waals surface area contributed by atoms with Crippen LogP contribution in [0, 0.1) is 0 Å². The Morgan fingerprint density at radius 3 is 2.46 bits per heavy atom. The van der Waals surface area contributed by atoms with Crippen LogP contribution in [0.15, 0.2) is 29.2 Å². The number of likely N-dealkylation sites (tertiary alicyclic amines) is 1. The average molecular weight is 350 g/mol. The molecule has 0 saturated carbocycles. The molecule has 1 aromatic carbocycles. The lowest BCUT2D eigenvalue weighted by Crippen LogP contribution is -2.42. The maximum atomic E-state index is 12.9. The zero-order valence-corrected chi connectivity index (χ0v) is 15.1. The number of sulfonamides is 1. The Morgan fingerprint density at radius 1 is 1.04 bits per heavy atom. The van der Waals surface area contributed by atoms with Crippen LogP contribution in [-0.2, 0) is 10.0 Å². The lowest BCUT2D eigenvalue weighted by Gasteiger charge is -2.32. The first-order chi connectivity index (χ1) is 11.5. The Bertz CT molecular complexity index is 696. The third-order valence-corrected chi connectivity index (χ3v) is 7.08. The maximum Gasteiger partial charge on any atom is 0.253 e. The van der Waals surface area contributed by atoms with Crippen molar-refractivity contribution in [3.8, 4) is 0 Å². The van der Waals surface area contributed by atoms with Crippen molar-refractivity contribution in [3.63, 3.8) is 0 Å². The highest BCUT2D eigenvalue weighted by Crippen LogP contribution is 2.26. The predicted molar refractivity (Wildman–Crippen MR) is 93.4 cm³/mol. The maximum absolute atomic E-state index is 12.9. The van der Waals surface area contributed by atoms with Crippen molar-refractivity contribution in [1.29, 1.82) is 0 Å². The Hall–Kier alpha value is -1.40. The van der Waals surface area contributed by atoms with E-state index in [2.05, 4.69) is 0 Å². The summed E-state index contributed by atoms with van der Waals surface area (Å²) >= 11 is 0. The number of carbonyl (C=O) groups is 1. The van der Waals surface area contributed by atoms with E-state index in [4.69, 9.17) is 0 Å². The van der Waals surface area contributed by atoms with Crippen LogP contribution in [0.4, 0.5) is 0 Å². The fourth-order valence-electron chi connectivity index (χ4n) is 3.63. The second-order valence-corrected chi connectivity index (χ2v) is 8.73. The van der Waals surface area contributed by atoms with Gasteiger partial charge in [-0.1, -0.05) is 12.5 Å². The molecular formula is C18H26N2O3S. The molecule has 2 aliphatic heterocycles. The van der Waals surface area contributed by atoms with Gasteiger partial charge in [0.05, 0.1) is 4.90 Å². The molecule has 0 aromatic heterocycles. The number of hydrogen-bond donors (Lipinski definition) is 0. The Morgan fingerprint density at radius 2 is 1.75 bits per heavy atom. The molecule has 5 nitrogen and oxygen atoms in total. The van der Waals surface area contributed by atoms with Crippen molar-refractivity contribution in [2.45, 2.75) is 56.4 Å². The van der Waals surface area contributed by atoms with E-state index in [9.17, 15) is 13.2 Å². The molecule has 1 aromatic rings. The fourth-order valence-corrected chi connectivity index (χ4v) is 5.38. The van der Waals surface area contributed by atoms with Crippen LogP contribution in [0.3, 0.4) is 0 Å². The van der Waals surface area contributed by atoms with Crippen LogP contribution in [0.2, 0.25) is 0 Å². The number of piperidine rings is 2. The summed E-state index contributed by atoms with van der Waals surface area (Å²) in [4.78, 5) is 14.7. The van der Waals surface area contributed by atoms with E-state index in [1.165, 1.54) is 0 Å². The standard InChI is InChI=1S/C18H26N2O3S/c1-15-8-3-6-13-20(15)24(22,23)17-10-7-9-16(14-17)18(21)19-11-4-2-5-12-19/h7,9-10,14-15H,2-6,8,11-13H2,1H3. The van der Waals surface area contributed by atoms with Crippen molar-refractivity contribution < 1.29 is 13.2 Å². The van der Waals surface area contributed by atoms with Gasteiger partial charge in [0, 0.05) is 31.2 Å². The topological polar surface area (TPSA) is 57.7 Å². The van der Waals surface area contributed by atoms with Crippen molar-refractivity contribution in [2.24, 2.45) is 0 Å². The van der Waals surface area contributed by atoms with Crippen molar-refractivity contribution in [1.82, 2.24) is 9.21 Å². The quantitative estimate of drug-likeness (QED) is 0.842. The first-order valence-electron chi connectivity index (χ1n) is 8.91. The third-order valence-electron chi connectivity index (χ3n) is 5.07. The molecule has 1 unspecified atom stereocenters. The minimum absolute atomic E-state index is 0.0187. The van der Waals surface area contributed by atoms with Crippen molar-refractivity contribution in [2.75, 3.05) is 19.6 Å². The molecule has 2 saturated heterocycles. The van der Waals surface area contributed by atoms with E-state index in [1.54, 1.807) is 28.6 Å². The molecular weight excluding hydrogens is 324 g/mol. The molecule has 1 amide bonds. The fraction of sp³-hybridized carbons (Fsp3) is 0.611. The molecule has 3 rings (SSSR count). The summed E-state index contributed by atoms with van der Waals surface area (Å²) in [6.45, 7) is 4.05. The van der Waals surface area contributed by atoms with Crippen LogP contribution >= 0.6 is 0 Å². The second kappa shape index (κ2) is 7.23. The summed E-state index contributed by atoms with van der Waals surface area (Å²) in [6.07, 6.45) is 6.07. The summed E-state index contributed by atoms with van der Waals surface area (Å²) in [6, 6.07) is 6.57. The summed E-state index contributed by atoms with van der Waals surface area (Å²) in [5, 5.41) is 0. The molecule has 24 heavy (non-hydrogen) atoms. The molecule has 1 atom stereocenters. The first kappa shape index (κ1) is 17.4. The normalized spacial score (nSPS) is 23.2. The third kappa shape index (κ3) is 3.49. The van der Waals surface area contributed by atoms with E-state index in [1.807, 2.05) is 11.8 Å². The van der Waals surface area contributed by atoms with Gasteiger partial charge in [0.2, 0.25) is 10.0 Å². The van der Waals surface area contributed by atoms with Gasteiger partial charge in [-0.25, -0.2) is 8.42 Å². The van der Waals surface area contributed by atoms with E-state index >= 15 is 0 Å². The van der Waals surface area contributed by atoms with E-state index in [0.717, 1.165) is 51.6 Å². The number of carbonyl (C=O) groups excluding carboxylic acids is 1. The number of nitrogens with zero attached hydrogens (tertiary/aromatic N) is 2. The van der Waals surface area contributed by atoms with E-state index < -0.39 is 10.0 Å². The lowest BCUT2D eigenvalue weighted by atomic mass is 10.1. The predicted octanol–water partition coefficient (Wildman–Crippen LogP) is 2.88. The zero-order valence-electron chi connectivity index (χ0n) is 14.3. The monoisotopic (exact) mass is 350 g/mol. The van der Waals surface area contributed by atoms with Gasteiger partial charge in [-0.05, 0) is 57.2 Å². The van der Waals surface area contributed by atoms with Gasteiger partial charge in [-0.15, -0.1) is 0 Å². The largest absolute Gasteiger partial charge is 0.339 e. The van der Waals surface area contributed by atoms with Gasteiger partial charge in [0.25, 0.3) is 5.91 Å². The van der Waals surface area contributed by atoms with Crippen molar-refractivity contribution >= 4 is 15.9 Å². The number of rotatable bonds is 3. The van der Waals surface area contributed by atoms with E-state index in [-0.39, 0.29) is 16.8 Å². The highest BCUT2D eigenvalue weighted by Gasteiger charge is 2.31. The van der Waals surface area contributed by atoms with Crippen LogP contribution in [0.1, 0.15) is 55.8 Å². The molecule has 132 valence electrons. The van der Waals surface area contributed by atoms with Gasteiger partial charge >= 0.3 is 0 Å². The van der Waals surface area contributed by atoms with Crippen LogP contribution in [0.5, 0.6) is 0 Å². The van der Waals surface area contributed by atoms with Crippen molar-refractivity contribution in [3.05, 3.63) is 29.8 Å². The molecule has 2 heterocycles. The summed E-state index contributed by atoms with van der Waals surface area (Å²) in [5.41, 5.74) is 0.475. The zero-order chi connectivity index (χ0) is 17.2. The van der Waals surface area contributed by atoms with E-state index in [0.29, 0.717) is 12.1 Å². The minimum Gasteiger partial charge on any atom is -0.339 e. The number of benzene rings is 1. The number of amides is 1. The van der Waals surface area contributed by atoms with Crippen LogP contribution in [0.25, 0.3) is 0 Å². The minimum atomic E-state index is -3.54. The second-order valence-electron chi connectivity index (χ2n) is 6.84. The van der Waals surface area contributed by atoms with Gasteiger partial charge in [0.15, 0.2) is 0 Å². The smallest absolute Gasteiger partial charge is 0.253 e. The van der Waals surface area contributed by atoms with Gasteiger partial charge in [-0.3, -0.25) is 4.79 Å². The Labute approximate surface area is 144 Å². The summed E-state index contributed by atoms with van der Waals surface area (Å²) < 4.78 is 27.5. The molecule has 0 aliphatic carbocycles. The highest BCUT2D eigenvalue weighted by molar-refractivity contribution is 7.89. The highest BCUT2D eigenvalue weighted by atomic mass is 32.2. The molecule has 0 radical (unpaired) electrons. The Balaban J connectivity index is 1.85. The lowest BCUT2D eigenvalue weighted by molar-refractivity contribution is 0.0724. The molecule has 6 heteroatoms. The molecule has 0 N–H and O–H groups in total. The molecule has 2 aliphatic rings. The molecule has 0 bridgehead atoms. The first-order valence-corrected chi connectivity index (χ1v) is 10.4. The molecule has 2 fully saturated rings. The Kier molecular flexibility index (Phi) is 5.25. The SMILES string of the molecule is CC1CCCCN1S(=O)(=O)c1cccc(C(=O)N2CCCCC2)c1. The molecule has 0 spiro atoms. The van der Waals surface area contributed by atoms with Gasteiger partial charge in [-0.2, -0.15) is 4.31 Å². The summed E-state index contributed by atoms with van der Waals surface area (Å²) in [7, 11) is -3.54. The van der Waals surface area contributed by atoms with Crippen LogP contribution in [-0.4, -0.2) is 49.2 Å². The van der Waals surface area contributed by atoms with Crippen LogP contribution < -0.4 is 0 Å². The van der Waals surface area contributed by atoms with Gasteiger partial charge in [0.1, 0.15) is 0 Å².